The van der Waals surface area contributed by atoms with Crippen LogP contribution in [0.1, 0.15) is 5.56 Å². The summed E-state index contributed by atoms with van der Waals surface area (Å²) in [4.78, 5) is 1.04. The maximum absolute atomic E-state index is 9.18. The normalized spacial score (nSPS) is 10.5. The molecule has 1 aromatic heterocycles. The van der Waals surface area contributed by atoms with E-state index in [1.807, 2.05) is 66.7 Å². The predicted octanol–water partition coefficient (Wildman–Crippen LogP) is 6.23. The highest BCUT2D eigenvalue weighted by Crippen LogP contribution is 2.46. The van der Waals surface area contributed by atoms with E-state index in [-0.39, 0.29) is 0 Å². The second-order valence-electron chi connectivity index (χ2n) is 5.36. The Bertz CT molecular complexity index is 1040. The number of hydrogen-bond acceptors (Lipinski definition) is 3. The molecule has 114 valence electrons. The average Bonchev–Trinajstić information content (AvgIpc) is 3.01. The highest BCUT2D eigenvalue weighted by atomic mass is 32.1. The molecule has 0 fully saturated rings. The van der Waals surface area contributed by atoms with E-state index in [4.69, 9.17) is 4.74 Å². The topological polar surface area (TPSA) is 33.0 Å². The Labute approximate surface area is 144 Å². The zero-order chi connectivity index (χ0) is 16.4. The van der Waals surface area contributed by atoms with Crippen molar-refractivity contribution in [2.45, 2.75) is 0 Å². The molecule has 0 aliphatic rings. The van der Waals surface area contributed by atoms with E-state index in [0.29, 0.717) is 5.56 Å². The van der Waals surface area contributed by atoms with E-state index in [1.165, 1.54) is 4.70 Å². The van der Waals surface area contributed by atoms with Crippen molar-refractivity contribution >= 4 is 21.4 Å². The van der Waals surface area contributed by atoms with Crippen LogP contribution < -0.4 is 4.74 Å². The number of nitrogens with zero attached hydrogens (tertiary/aromatic N) is 1. The summed E-state index contributed by atoms with van der Waals surface area (Å²) in [5.41, 5.74) is 1.65. The molecule has 0 aliphatic heterocycles. The zero-order valence-electron chi connectivity index (χ0n) is 12.8. The summed E-state index contributed by atoms with van der Waals surface area (Å²) in [7, 11) is 0. The van der Waals surface area contributed by atoms with Gasteiger partial charge in [-0.15, -0.1) is 11.3 Å². The van der Waals surface area contributed by atoms with Crippen LogP contribution in [0.3, 0.4) is 0 Å². The first-order chi connectivity index (χ1) is 11.8. The summed E-state index contributed by atoms with van der Waals surface area (Å²) >= 11 is 1.68. The fraction of sp³-hybridized carbons (Fsp3) is 0. The van der Waals surface area contributed by atoms with Gasteiger partial charge in [-0.3, -0.25) is 0 Å². The Balaban J connectivity index is 1.91. The zero-order valence-corrected chi connectivity index (χ0v) is 13.6. The summed E-state index contributed by atoms with van der Waals surface area (Å²) in [6.45, 7) is 0. The van der Waals surface area contributed by atoms with Crippen molar-refractivity contribution in [2.75, 3.05) is 0 Å². The van der Waals surface area contributed by atoms with Crippen LogP contribution in [0.2, 0.25) is 0 Å². The minimum atomic E-state index is 0.649. The lowest BCUT2D eigenvalue weighted by Gasteiger charge is -2.08. The minimum absolute atomic E-state index is 0.649. The maximum Gasteiger partial charge on any atom is 0.153 e. The smallest absolute Gasteiger partial charge is 0.153 e. The van der Waals surface area contributed by atoms with E-state index < -0.39 is 0 Å². The van der Waals surface area contributed by atoms with Gasteiger partial charge < -0.3 is 4.74 Å². The van der Waals surface area contributed by atoms with Gasteiger partial charge in [0.25, 0.3) is 0 Å². The summed E-state index contributed by atoms with van der Waals surface area (Å²) in [5.74, 6) is 1.65. The molecule has 2 nitrogen and oxygen atoms in total. The van der Waals surface area contributed by atoms with Crippen LogP contribution in [-0.4, -0.2) is 0 Å². The Morgan fingerprint density at radius 3 is 2.46 bits per heavy atom. The van der Waals surface area contributed by atoms with Gasteiger partial charge in [0.1, 0.15) is 5.75 Å². The van der Waals surface area contributed by atoms with Crippen molar-refractivity contribution in [3.05, 3.63) is 84.4 Å². The van der Waals surface area contributed by atoms with Gasteiger partial charge in [-0.1, -0.05) is 42.5 Å². The molecule has 0 unspecified atom stereocenters. The van der Waals surface area contributed by atoms with E-state index in [9.17, 15) is 5.26 Å². The van der Waals surface area contributed by atoms with Crippen LogP contribution in [0.25, 0.3) is 20.5 Å². The Hall–Kier alpha value is -3.09. The van der Waals surface area contributed by atoms with Gasteiger partial charge >= 0.3 is 0 Å². The van der Waals surface area contributed by atoms with Gasteiger partial charge in [0, 0.05) is 10.1 Å². The molecule has 0 amide bonds. The first-order valence-electron chi connectivity index (χ1n) is 7.60. The van der Waals surface area contributed by atoms with Crippen LogP contribution >= 0.6 is 11.3 Å². The summed E-state index contributed by atoms with van der Waals surface area (Å²) in [6.07, 6.45) is 0. The first kappa shape index (κ1) is 14.5. The minimum Gasteiger partial charge on any atom is -0.455 e. The van der Waals surface area contributed by atoms with Gasteiger partial charge in [-0.05, 0) is 42.0 Å². The van der Waals surface area contributed by atoms with E-state index in [2.05, 4.69) is 18.2 Å². The van der Waals surface area contributed by atoms with Crippen LogP contribution in [0.4, 0.5) is 0 Å². The van der Waals surface area contributed by atoms with E-state index in [0.717, 1.165) is 27.3 Å². The summed E-state index contributed by atoms with van der Waals surface area (Å²) in [6, 6.07) is 27.8. The maximum atomic E-state index is 9.18. The second kappa shape index (κ2) is 6.19. The fourth-order valence-electron chi connectivity index (χ4n) is 2.65. The van der Waals surface area contributed by atoms with Gasteiger partial charge in [0.2, 0.25) is 0 Å². The number of rotatable bonds is 3. The van der Waals surface area contributed by atoms with E-state index >= 15 is 0 Å². The molecule has 0 radical (unpaired) electrons. The quantitative estimate of drug-likeness (QED) is 0.446. The SMILES string of the molecule is N#Cc1cccc(-c2sc3ccccc3c2Oc2ccccc2)c1. The Kier molecular flexibility index (Phi) is 3.74. The lowest BCUT2D eigenvalue weighted by Crippen LogP contribution is -1.85. The molecule has 0 atom stereocenters. The molecular weight excluding hydrogens is 314 g/mol. The van der Waals surface area contributed by atoms with Gasteiger partial charge in [0.05, 0.1) is 16.5 Å². The number of ether oxygens (including phenoxy) is 1. The van der Waals surface area contributed by atoms with Crippen molar-refractivity contribution < 1.29 is 4.74 Å². The standard InChI is InChI=1S/C21H13NOS/c22-14-15-7-6-8-16(13-15)21-20(23-17-9-2-1-3-10-17)18-11-4-5-12-19(18)24-21/h1-13H. The van der Waals surface area contributed by atoms with Gasteiger partial charge in [-0.2, -0.15) is 5.26 Å². The van der Waals surface area contributed by atoms with Crippen molar-refractivity contribution in [1.82, 2.24) is 0 Å². The molecule has 0 N–H and O–H groups in total. The number of thiophene rings is 1. The molecule has 0 saturated carbocycles. The van der Waals surface area contributed by atoms with Crippen LogP contribution in [0, 0.1) is 11.3 Å². The molecule has 0 spiro atoms. The van der Waals surface area contributed by atoms with Gasteiger partial charge in [0.15, 0.2) is 5.75 Å². The molecule has 1 heterocycles. The molecule has 4 rings (SSSR count). The number of nitriles is 1. The third-order valence-electron chi connectivity index (χ3n) is 3.77. The molecule has 3 heteroatoms. The molecule has 4 aromatic rings. The lowest BCUT2D eigenvalue weighted by molar-refractivity contribution is 0.491. The lowest BCUT2D eigenvalue weighted by atomic mass is 10.1. The summed E-state index contributed by atoms with van der Waals surface area (Å²) < 4.78 is 7.39. The number of hydrogen-bond donors (Lipinski definition) is 0. The second-order valence-corrected chi connectivity index (χ2v) is 6.42. The fourth-order valence-corrected chi connectivity index (χ4v) is 3.78. The molecule has 0 bridgehead atoms. The van der Waals surface area contributed by atoms with E-state index in [1.54, 1.807) is 11.3 Å². The Morgan fingerprint density at radius 2 is 1.62 bits per heavy atom. The highest BCUT2D eigenvalue weighted by Gasteiger charge is 2.16. The number of benzene rings is 3. The molecule has 24 heavy (non-hydrogen) atoms. The average molecular weight is 327 g/mol. The van der Waals surface area contributed by atoms with Crippen LogP contribution in [0.5, 0.6) is 11.5 Å². The monoisotopic (exact) mass is 327 g/mol. The van der Waals surface area contributed by atoms with Crippen molar-refractivity contribution in [1.29, 1.82) is 5.26 Å². The molecular formula is C21H13NOS. The molecule has 0 aliphatic carbocycles. The van der Waals surface area contributed by atoms with Crippen molar-refractivity contribution in [3.63, 3.8) is 0 Å². The summed E-state index contributed by atoms with van der Waals surface area (Å²) in [5, 5.41) is 10.3. The van der Waals surface area contributed by atoms with Crippen molar-refractivity contribution in [2.24, 2.45) is 0 Å². The predicted molar refractivity (Wildman–Crippen MR) is 98.5 cm³/mol. The third kappa shape index (κ3) is 2.64. The van der Waals surface area contributed by atoms with Crippen molar-refractivity contribution in [3.8, 4) is 28.0 Å². The first-order valence-corrected chi connectivity index (χ1v) is 8.42. The van der Waals surface area contributed by atoms with Crippen LogP contribution in [0.15, 0.2) is 78.9 Å². The molecule has 0 saturated heterocycles. The number of para-hydroxylation sites is 1. The Morgan fingerprint density at radius 1 is 0.833 bits per heavy atom. The largest absolute Gasteiger partial charge is 0.455 e. The highest BCUT2D eigenvalue weighted by molar-refractivity contribution is 7.22. The molecule has 3 aromatic carbocycles. The number of fused-ring (bicyclic) bond motifs is 1. The third-order valence-corrected chi connectivity index (χ3v) is 4.97. The van der Waals surface area contributed by atoms with Crippen LogP contribution in [-0.2, 0) is 0 Å². The van der Waals surface area contributed by atoms with Gasteiger partial charge in [-0.25, -0.2) is 0 Å².